The number of rotatable bonds is 11. The molecular formula is C34H37NO6. The Balaban J connectivity index is 1.59. The van der Waals surface area contributed by atoms with Crippen LogP contribution in [0.1, 0.15) is 68.3 Å². The van der Waals surface area contributed by atoms with E-state index < -0.39 is 17.7 Å². The van der Waals surface area contributed by atoms with Gasteiger partial charge in [0.25, 0.3) is 11.7 Å². The van der Waals surface area contributed by atoms with E-state index in [0.29, 0.717) is 42.3 Å². The number of ketones is 1. The van der Waals surface area contributed by atoms with Crippen LogP contribution >= 0.6 is 0 Å². The molecule has 7 heteroatoms. The summed E-state index contributed by atoms with van der Waals surface area (Å²) in [6.45, 7) is 7.23. The van der Waals surface area contributed by atoms with Crippen molar-refractivity contribution in [2.24, 2.45) is 0 Å². The smallest absolute Gasteiger partial charge is 0.295 e. The maximum absolute atomic E-state index is 13.6. The number of hydrogen-bond acceptors (Lipinski definition) is 6. The van der Waals surface area contributed by atoms with E-state index in [4.69, 9.17) is 14.2 Å². The molecule has 0 spiro atoms. The second-order valence-electron chi connectivity index (χ2n) is 10.6. The zero-order chi connectivity index (χ0) is 28.9. The van der Waals surface area contributed by atoms with E-state index in [-0.39, 0.29) is 24.0 Å². The molecule has 0 unspecified atom stereocenters. The standard InChI is InChI=1S/C34H37NO6/c1-4-6-10-17-40-28-16-13-24(20-29(28)39-5-2)31-30(32(36)25-14-15-27-26(19-25)18-22(3)41-27)33(37)34(38)35(31)21-23-11-8-7-9-12-23/h7-9,11-16,19-20,22,31,36H,4-6,10,17-18,21H2,1-3H3/t22-,31+/m1/s1. The van der Waals surface area contributed by atoms with Crippen molar-refractivity contribution >= 4 is 17.4 Å². The van der Waals surface area contributed by atoms with Gasteiger partial charge < -0.3 is 24.2 Å². The molecule has 1 fully saturated rings. The Bertz CT molecular complexity index is 1450. The van der Waals surface area contributed by atoms with Crippen LogP contribution in [-0.4, -0.2) is 41.0 Å². The highest BCUT2D eigenvalue weighted by Gasteiger charge is 2.46. The second kappa shape index (κ2) is 12.5. The lowest BCUT2D eigenvalue weighted by Gasteiger charge is -2.26. The first kappa shape index (κ1) is 28.3. The minimum absolute atomic E-state index is 0.0403. The summed E-state index contributed by atoms with van der Waals surface area (Å²) in [6.07, 6.45) is 3.85. The molecule has 2 aliphatic heterocycles. The van der Waals surface area contributed by atoms with E-state index >= 15 is 0 Å². The van der Waals surface area contributed by atoms with Gasteiger partial charge in [0.05, 0.1) is 24.8 Å². The quantitative estimate of drug-likeness (QED) is 0.124. The minimum Gasteiger partial charge on any atom is -0.507 e. The number of fused-ring (bicyclic) bond motifs is 1. The topological polar surface area (TPSA) is 85.3 Å². The van der Waals surface area contributed by atoms with Crippen molar-refractivity contribution < 1.29 is 28.9 Å². The molecule has 0 radical (unpaired) electrons. The maximum atomic E-state index is 13.6. The summed E-state index contributed by atoms with van der Waals surface area (Å²) in [4.78, 5) is 28.6. The van der Waals surface area contributed by atoms with E-state index in [2.05, 4.69) is 6.92 Å². The summed E-state index contributed by atoms with van der Waals surface area (Å²) in [6, 6.07) is 19.6. The number of Topliss-reactive ketones (excluding diaryl/α,β-unsaturated/α-hetero) is 1. The zero-order valence-electron chi connectivity index (χ0n) is 23.9. The van der Waals surface area contributed by atoms with Crippen molar-refractivity contribution in [3.8, 4) is 17.2 Å². The number of carbonyl (C=O) groups is 2. The fourth-order valence-electron chi connectivity index (χ4n) is 5.51. The Kier molecular flexibility index (Phi) is 8.62. The Morgan fingerprint density at radius 1 is 0.976 bits per heavy atom. The number of ether oxygens (including phenoxy) is 3. The number of likely N-dealkylation sites (tertiary alicyclic amines) is 1. The zero-order valence-corrected chi connectivity index (χ0v) is 23.9. The Hall–Kier alpha value is -4.26. The van der Waals surface area contributed by atoms with Crippen LogP contribution < -0.4 is 14.2 Å². The van der Waals surface area contributed by atoms with Gasteiger partial charge in [-0.25, -0.2) is 0 Å². The van der Waals surface area contributed by atoms with E-state index in [1.54, 1.807) is 12.1 Å². The molecular weight excluding hydrogens is 518 g/mol. The van der Waals surface area contributed by atoms with Gasteiger partial charge in [-0.15, -0.1) is 0 Å². The molecule has 0 aliphatic carbocycles. The molecule has 0 aromatic heterocycles. The van der Waals surface area contributed by atoms with Gasteiger partial charge >= 0.3 is 0 Å². The van der Waals surface area contributed by atoms with Crippen LogP contribution in [0.15, 0.2) is 72.3 Å². The van der Waals surface area contributed by atoms with E-state index in [0.717, 1.165) is 36.1 Å². The summed E-state index contributed by atoms with van der Waals surface area (Å²) in [7, 11) is 0. The minimum atomic E-state index is -0.813. The molecule has 0 saturated carbocycles. The van der Waals surface area contributed by atoms with E-state index in [1.807, 2.05) is 68.4 Å². The summed E-state index contributed by atoms with van der Waals surface area (Å²) in [5, 5.41) is 11.6. The van der Waals surface area contributed by atoms with Crippen LogP contribution in [0.25, 0.3) is 5.76 Å². The molecule has 7 nitrogen and oxygen atoms in total. The SMILES string of the molecule is CCCCCOc1ccc([C@H]2C(=C(O)c3ccc4c(c3)C[C@@H](C)O4)C(=O)C(=O)N2Cc2ccccc2)cc1OCC. The maximum Gasteiger partial charge on any atom is 0.295 e. The van der Waals surface area contributed by atoms with E-state index in [9.17, 15) is 14.7 Å². The molecule has 214 valence electrons. The molecule has 2 heterocycles. The summed E-state index contributed by atoms with van der Waals surface area (Å²) < 4.78 is 17.8. The van der Waals surface area contributed by atoms with Gasteiger partial charge in [0.1, 0.15) is 17.6 Å². The first-order chi connectivity index (χ1) is 19.9. The second-order valence-corrected chi connectivity index (χ2v) is 10.6. The van der Waals surface area contributed by atoms with Gasteiger partial charge in [-0.1, -0.05) is 56.2 Å². The largest absolute Gasteiger partial charge is 0.507 e. The summed E-state index contributed by atoms with van der Waals surface area (Å²) in [5.74, 6) is 0.341. The number of hydrogen-bond donors (Lipinski definition) is 1. The fraction of sp³-hybridized carbons (Fsp3) is 0.353. The fourth-order valence-corrected chi connectivity index (χ4v) is 5.51. The Morgan fingerprint density at radius 2 is 1.78 bits per heavy atom. The Morgan fingerprint density at radius 3 is 2.54 bits per heavy atom. The first-order valence-electron chi connectivity index (χ1n) is 14.4. The molecule has 3 aromatic rings. The van der Waals surface area contributed by atoms with Gasteiger partial charge in [0.15, 0.2) is 11.5 Å². The highest BCUT2D eigenvalue weighted by molar-refractivity contribution is 6.46. The van der Waals surface area contributed by atoms with Crippen LogP contribution in [-0.2, 0) is 22.6 Å². The summed E-state index contributed by atoms with van der Waals surface area (Å²) >= 11 is 0. The van der Waals surface area contributed by atoms with Gasteiger partial charge in [-0.2, -0.15) is 0 Å². The average molecular weight is 556 g/mol. The molecule has 2 atom stereocenters. The van der Waals surface area contributed by atoms with Gasteiger partial charge in [0, 0.05) is 18.5 Å². The molecule has 2 aliphatic rings. The molecule has 41 heavy (non-hydrogen) atoms. The monoisotopic (exact) mass is 555 g/mol. The molecule has 3 aromatic carbocycles. The normalized spacial score (nSPS) is 19.2. The number of carbonyl (C=O) groups excluding carboxylic acids is 2. The van der Waals surface area contributed by atoms with Crippen molar-refractivity contribution in [3.05, 3.63) is 94.6 Å². The predicted octanol–water partition coefficient (Wildman–Crippen LogP) is 6.60. The van der Waals surface area contributed by atoms with Crippen LogP contribution in [0.3, 0.4) is 0 Å². The van der Waals surface area contributed by atoms with Crippen molar-refractivity contribution in [3.63, 3.8) is 0 Å². The third kappa shape index (κ3) is 5.94. The number of nitrogens with zero attached hydrogens (tertiary/aromatic N) is 1. The van der Waals surface area contributed by atoms with Crippen LogP contribution in [0.4, 0.5) is 0 Å². The number of aliphatic hydroxyl groups excluding tert-OH is 1. The van der Waals surface area contributed by atoms with Gasteiger partial charge in [-0.05, 0) is 67.3 Å². The van der Waals surface area contributed by atoms with Crippen molar-refractivity contribution in [1.82, 2.24) is 4.90 Å². The predicted molar refractivity (Wildman–Crippen MR) is 157 cm³/mol. The number of amides is 1. The third-order valence-electron chi connectivity index (χ3n) is 7.49. The van der Waals surface area contributed by atoms with Crippen molar-refractivity contribution in [1.29, 1.82) is 0 Å². The van der Waals surface area contributed by atoms with Gasteiger partial charge in [0.2, 0.25) is 0 Å². The molecule has 0 bridgehead atoms. The Labute approximate surface area is 241 Å². The molecule has 1 saturated heterocycles. The third-order valence-corrected chi connectivity index (χ3v) is 7.49. The highest BCUT2D eigenvalue weighted by atomic mass is 16.5. The lowest BCUT2D eigenvalue weighted by Crippen LogP contribution is -2.29. The number of benzene rings is 3. The highest BCUT2D eigenvalue weighted by Crippen LogP contribution is 2.43. The van der Waals surface area contributed by atoms with Gasteiger partial charge in [-0.3, -0.25) is 9.59 Å². The lowest BCUT2D eigenvalue weighted by atomic mass is 9.94. The van der Waals surface area contributed by atoms with Crippen molar-refractivity contribution in [2.75, 3.05) is 13.2 Å². The first-order valence-corrected chi connectivity index (χ1v) is 14.4. The van der Waals surface area contributed by atoms with Crippen LogP contribution in [0.2, 0.25) is 0 Å². The molecule has 1 N–H and O–H groups in total. The van der Waals surface area contributed by atoms with Crippen molar-refractivity contribution in [2.45, 2.75) is 65.1 Å². The average Bonchev–Trinajstić information content (AvgIpc) is 3.47. The molecule has 1 amide bonds. The molecule has 5 rings (SSSR count). The van der Waals surface area contributed by atoms with Crippen LogP contribution in [0, 0.1) is 0 Å². The van der Waals surface area contributed by atoms with E-state index in [1.165, 1.54) is 4.90 Å². The lowest BCUT2D eigenvalue weighted by molar-refractivity contribution is -0.140. The van der Waals surface area contributed by atoms with Crippen LogP contribution in [0.5, 0.6) is 17.2 Å². The number of unbranched alkanes of at least 4 members (excludes halogenated alkanes) is 2. The summed E-state index contributed by atoms with van der Waals surface area (Å²) in [5.41, 5.74) is 3.02. The number of aliphatic hydroxyl groups is 1.